The van der Waals surface area contributed by atoms with Crippen LogP contribution in [-0.2, 0) is 0 Å². The SMILES string of the molecule is N=C(c1cccc(-c2cc(-c3ccccc3)cc(-c3ccccc3)n2)c1)c1cc2ccccc2cc1Nc1ccccc1. The quantitative estimate of drug-likeness (QED) is 0.194. The van der Waals surface area contributed by atoms with Crippen molar-refractivity contribution in [2.75, 3.05) is 5.32 Å². The first kappa shape index (κ1) is 26.1. The van der Waals surface area contributed by atoms with Gasteiger partial charge in [0.2, 0.25) is 0 Å². The molecule has 7 aromatic rings. The van der Waals surface area contributed by atoms with Crippen LogP contribution in [0.2, 0.25) is 0 Å². The topological polar surface area (TPSA) is 48.8 Å². The summed E-state index contributed by atoms with van der Waals surface area (Å²) in [6, 6.07) is 55.8. The number of aromatic nitrogens is 1. The second-order valence-corrected chi connectivity index (χ2v) is 10.6. The number of fused-ring (bicyclic) bond motifs is 1. The Kier molecular flexibility index (Phi) is 7.04. The van der Waals surface area contributed by atoms with Gasteiger partial charge in [0.1, 0.15) is 0 Å². The number of nitrogens with zero attached hydrogens (tertiary/aromatic N) is 1. The van der Waals surface area contributed by atoms with E-state index in [9.17, 15) is 5.41 Å². The summed E-state index contributed by atoms with van der Waals surface area (Å²) in [7, 11) is 0. The predicted molar refractivity (Wildman–Crippen MR) is 180 cm³/mol. The van der Waals surface area contributed by atoms with Crippen molar-refractivity contribution >= 4 is 27.9 Å². The minimum absolute atomic E-state index is 0.452. The highest BCUT2D eigenvalue weighted by Gasteiger charge is 2.15. The first-order chi connectivity index (χ1) is 21.2. The van der Waals surface area contributed by atoms with Gasteiger partial charge in [-0.05, 0) is 64.4 Å². The number of benzene rings is 6. The fraction of sp³-hybridized carbons (Fsp3) is 0. The van der Waals surface area contributed by atoms with Crippen LogP contribution in [0.1, 0.15) is 11.1 Å². The Morgan fingerprint density at radius 3 is 1.72 bits per heavy atom. The van der Waals surface area contributed by atoms with Crippen LogP contribution in [0.3, 0.4) is 0 Å². The Hall–Kier alpha value is -5.80. The van der Waals surface area contributed by atoms with Crippen molar-refractivity contribution in [2.45, 2.75) is 0 Å². The summed E-state index contributed by atoms with van der Waals surface area (Å²) >= 11 is 0. The van der Waals surface area contributed by atoms with Crippen molar-refractivity contribution in [1.82, 2.24) is 4.98 Å². The van der Waals surface area contributed by atoms with Gasteiger partial charge in [-0.2, -0.15) is 0 Å². The second-order valence-electron chi connectivity index (χ2n) is 10.6. The third-order valence-corrected chi connectivity index (χ3v) is 7.66. The highest BCUT2D eigenvalue weighted by atomic mass is 14.9. The number of nitrogens with one attached hydrogen (secondary N) is 2. The average molecular weight is 552 g/mol. The molecule has 0 saturated carbocycles. The molecule has 0 saturated heterocycles. The van der Waals surface area contributed by atoms with Crippen LogP contribution in [0.15, 0.2) is 164 Å². The summed E-state index contributed by atoms with van der Waals surface area (Å²) < 4.78 is 0. The molecule has 0 atom stereocenters. The van der Waals surface area contributed by atoms with Gasteiger partial charge in [-0.1, -0.05) is 121 Å². The molecule has 3 heteroatoms. The van der Waals surface area contributed by atoms with Gasteiger partial charge < -0.3 is 5.32 Å². The predicted octanol–water partition coefficient (Wildman–Crippen LogP) is 10.4. The summed E-state index contributed by atoms with van der Waals surface area (Å²) in [6.07, 6.45) is 0. The van der Waals surface area contributed by atoms with E-state index in [0.717, 1.165) is 66.9 Å². The molecular weight excluding hydrogens is 522 g/mol. The van der Waals surface area contributed by atoms with Crippen molar-refractivity contribution in [3.8, 4) is 33.6 Å². The van der Waals surface area contributed by atoms with Gasteiger partial charge in [0.15, 0.2) is 0 Å². The standard InChI is InChI=1S/C40H29N3/c41-40(36-24-30-17-10-11-18-31(30)25-39(36)42-35-21-8-3-9-22-35)33-20-12-19-32(23-33)38-27-34(28-13-4-1-5-14-28)26-37(43-38)29-15-6-2-7-16-29/h1-27,41-42H. The molecule has 3 nitrogen and oxygen atoms in total. The van der Waals surface area contributed by atoms with Crippen molar-refractivity contribution in [2.24, 2.45) is 0 Å². The van der Waals surface area contributed by atoms with Crippen LogP contribution in [0.4, 0.5) is 11.4 Å². The molecule has 0 radical (unpaired) electrons. The fourth-order valence-electron chi connectivity index (χ4n) is 5.45. The van der Waals surface area contributed by atoms with E-state index in [2.05, 4.69) is 90.2 Å². The Bertz CT molecular complexity index is 1990. The Balaban J connectivity index is 1.32. The smallest absolute Gasteiger partial charge is 0.0715 e. The van der Waals surface area contributed by atoms with E-state index in [1.807, 2.05) is 78.9 Å². The zero-order chi connectivity index (χ0) is 29.0. The van der Waals surface area contributed by atoms with Gasteiger partial charge in [0.05, 0.1) is 17.1 Å². The maximum Gasteiger partial charge on any atom is 0.0715 e. The fourth-order valence-corrected chi connectivity index (χ4v) is 5.45. The van der Waals surface area contributed by atoms with E-state index in [1.165, 1.54) is 0 Å². The minimum Gasteiger partial charge on any atom is -0.355 e. The molecule has 6 aromatic carbocycles. The molecule has 0 amide bonds. The Morgan fingerprint density at radius 1 is 0.465 bits per heavy atom. The van der Waals surface area contributed by atoms with Gasteiger partial charge in [0.25, 0.3) is 0 Å². The molecule has 0 fully saturated rings. The van der Waals surface area contributed by atoms with Crippen LogP contribution < -0.4 is 5.32 Å². The zero-order valence-electron chi connectivity index (χ0n) is 23.5. The van der Waals surface area contributed by atoms with Crippen molar-refractivity contribution in [3.05, 3.63) is 175 Å². The number of pyridine rings is 1. The average Bonchev–Trinajstić information content (AvgIpc) is 3.09. The van der Waals surface area contributed by atoms with Crippen LogP contribution >= 0.6 is 0 Å². The highest BCUT2D eigenvalue weighted by Crippen LogP contribution is 2.33. The molecule has 0 bridgehead atoms. The normalized spacial score (nSPS) is 10.9. The minimum atomic E-state index is 0.452. The molecule has 2 N–H and O–H groups in total. The second kappa shape index (κ2) is 11.6. The van der Waals surface area contributed by atoms with Gasteiger partial charge in [-0.3, -0.25) is 5.41 Å². The van der Waals surface area contributed by atoms with E-state index in [4.69, 9.17) is 4.98 Å². The van der Waals surface area contributed by atoms with E-state index in [0.29, 0.717) is 5.71 Å². The van der Waals surface area contributed by atoms with E-state index >= 15 is 0 Å². The first-order valence-electron chi connectivity index (χ1n) is 14.4. The molecule has 7 rings (SSSR count). The number of hydrogen-bond donors (Lipinski definition) is 2. The van der Waals surface area contributed by atoms with E-state index < -0.39 is 0 Å². The molecule has 0 spiro atoms. The monoisotopic (exact) mass is 551 g/mol. The van der Waals surface area contributed by atoms with E-state index in [1.54, 1.807) is 0 Å². The summed E-state index contributed by atoms with van der Waals surface area (Å²) in [4.78, 5) is 5.10. The molecular formula is C40H29N3. The number of hydrogen-bond acceptors (Lipinski definition) is 3. The van der Waals surface area contributed by atoms with Crippen LogP contribution in [0.25, 0.3) is 44.4 Å². The molecule has 43 heavy (non-hydrogen) atoms. The Labute approximate surface area is 251 Å². The van der Waals surface area contributed by atoms with Gasteiger partial charge in [-0.15, -0.1) is 0 Å². The molecule has 0 aliphatic rings. The third-order valence-electron chi connectivity index (χ3n) is 7.66. The molecule has 0 aliphatic carbocycles. The third kappa shape index (κ3) is 5.57. The summed E-state index contributed by atoms with van der Waals surface area (Å²) in [6.45, 7) is 0. The van der Waals surface area contributed by atoms with Crippen molar-refractivity contribution in [3.63, 3.8) is 0 Å². The lowest BCUT2D eigenvalue weighted by molar-refractivity contribution is 1.32. The van der Waals surface area contributed by atoms with Crippen LogP contribution in [-0.4, -0.2) is 10.7 Å². The lowest BCUT2D eigenvalue weighted by Gasteiger charge is -2.16. The molecule has 0 aliphatic heterocycles. The largest absolute Gasteiger partial charge is 0.355 e. The van der Waals surface area contributed by atoms with Gasteiger partial charge in [-0.25, -0.2) is 4.98 Å². The lowest BCUT2D eigenvalue weighted by atomic mass is 9.94. The van der Waals surface area contributed by atoms with Crippen LogP contribution in [0, 0.1) is 5.41 Å². The molecule has 1 heterocycles. The molecule has 204 valence electrons. The summed E-state index contributed by atoms with van der Waals surface area (Å²) in [5.41, 5.74) is 10.1. The van der Waals surface area contributed by atoms with Gasteiger partial charge >= 0.3 is 0 Å². The molecule has 0 unspecified atom stereocenters. The maximum absolute atomic E-state index is 9.40. The zero-order valence-corrected chi connectivity index (χ0v) is 23.5. The maximum atomic E-state index is 9.40. The number of anilines is 2. The number of para-hydroxylation sites is 1. The number of rotatable bonds is 7. The summed E-state index contributed by atoms with van der Waals surface area (Å²) in [5.74, 6) is 0. The highest BCUT2D eigenvalue weighted by molar-refractivity contribution is 6.16. The summed E-state index contributed by atoms with van der Waals surface area (Å²) in [5, 5.41) is 15.2. The Morgan fingerprint density at radius 2 is 1.02 bits per heavy atom. The van der Waals surface area contributed by atoms with E-state index in [-0.39, 0.29) is 0 Å². The van der Waals surface area contributed by atoms with Gasteiger partial charge in [0, 0.05) is 33.6 Å². The van der Waals surface area contributed by atoms with Crippen molar-refractivity contribution in [1.29, 1.82) is 5.41 Å². The first-order valence-corrected chi connectivity index (χ1v) is 14.4. The molecule has 1 aromatic heterocycles. The van der Waals surface area contributed by atoms with Crippen LogP contribution in [0.5, 0.6) is 0 Å². The lowest BCUT2D eigenvalue weighted by Crippen LogP contribution is -2.06. The van der Waals surface area contributed by atoms with Crippen molar-refractivity contribution < 1.29 is 0 Å².